The predicted octanol–water partition coefficient (Wildman–Crippen LogP) is 5.08. The summed E-state index contributed by atoms with van der Waals surface area (Å²) in [6, 6.07) is 9.90. The summed E-state index contributed by atoms with van der Waals surface area (Å²) in [4.78, 5) is 0. The van der Waals surface area contributed by atoms with Crippen LogP contribution in [0, 0.1) is 5.82 Å². The number of hydrogen-bond donors (Lipinski definition) is 0. The summed E-state index contributed by atoms with van der Waals surface area (Å²) in [6.07, 6.45) is -2.66. The Morgan fingerprint density at radius 2 is 1.59 bits per heavy atom. The van der Waals surface area contributed by atoms with Crippen molar-refractivity contribution < 1.29 is 13.2 Å². The third kappa shape index (κ3) is 2.44. The standard InChI is InChI=1S/C13H8ClF3/c14-11-3-1-2-10(12(11)13(16)17)8-4-6-9(15)7-5-8/h1-7,13H. The van der Waals surface area contributed by atoms with Crippen molar-refractivity contribution in [2.24, 2.45) is 0 Å². The lowest BCUT2D eigenvalue weighted by Crippen LogP contribution is -1.91. The van der Waals surface area contributed by atoms with Crippen LogP contribution in [0.3, 0.4) is 0 Å². The lowest BCUT2D eigenvalue weighted by atomic mass is 10.00. The molecule has 0 aliphatic heterocycles. The first-order chi connectivity index (χ1) is 8.09. The van der Waals surface area contributed by atoms with E-state index in [1.165, 1.54) is 30.3 Å². The van der Waals surface area contributed by atoms with Crippen LogP contribution in [0.1, 0.15) is 12.0 Å². The molecule has 2 aromatic rings. The first-order valence-corrected chi connectivity index (χ1v) is 5.30. The molecule has 2 rings (SSSR count). The molecule has 0 saturated heterocycles. The highest BCUT2D eigenvalue weighted by molar-refractivity contribution is 6.31. The molecule has 0 atom stereocenters. The van der Waals surface area contributed by atoms with Gasteiger partial charge < -0.3 is 0 Å². The van der Waals surface area contributed by atoms with Crippen molar-refractivity contribution in [3.63, 3.8) is 0 Å². The van der Waals surface area contributed by atoms with Crippen LogP contribution in [-0.2, 0) is 0 Å². The van der Waals surface area contributed by atoms with E-state index in [2.05, 4.69) is 0 Å². The molecule has 0 heterocycles. The number of benzene rings is 2. The minimum absolute atomic E-state index is 0.0156. The van der Waals surface area contributed by atoms with Crippen LogP contribution < -0.4 is 0 Å². The minimum Gasteiger partial charge on any atom is -0.207 e. The first kappa shape index (κ1) is 12.0. The van der Waals surface area contributed by atoms with E-state index in [0.29, 0.717) is 11.1 Å². The average molecular weight is 257 g/mol. The molecule has 0 saturated carbocycles. The Morgan fingerprint density at radius 1 is 0.941 bits per heavy atom. The van der Waals surface area contributed by atoms with Crippen LogP contribution in [0.25, 0.3) is 11.1 Å². The molecule has 88 valence electrons. The SMILES string of the molecule is Fc1ccc(-c2cccc(Cl)c2C(F)F)cc1. The van der Waals surface area contributed by atoms with E-state index >= 15 is 0 Å². The van der Waals surface area contributed by atoms with Crippen molar-refractivity contribution in [3.05, 3.63) is 58.9 Å². The molecular weight excluding hydrogens is 249 g/mol. The molecule has 0 nitrogen and oxygen atoms in total. The quantitative estimate of drug-likeness (QED) is 0.703. The van der Waals surface area contributed by atoms with E-state index in [1.54, 1.807) is 12.1 Å². The molecule has 0 fully saturated rings. The number of alkyl halides is 2. The molecular formula is C13H8ClF3. The maximum absolute atomic E-state index is 12.9. The van der Waals surface area contributed by atoms with Crippen molar-refractivity contribution in [2.45, 2.75) is 6.43 Å². The molecule has 0 aromatic heterocycles. The van der Waals surface area contributed by atoms with Crippen molar-refractivity contribution in [3.8, 4) is 11.1 Å². The highest BCUT2D eigenvalue weighted by Gasteiger charge is 2.17. The fraction of sp³-hybridized carbons (Fsp3) is 0.0769. The Morgan fingerprint density at radius 3 is 2.18 bits per heavy atom. The lowest BCUT2D eigenvalue weighted by molar-refractivity contribution is 0.152. The fourth-order valence-corrected chi connectivity index (χ4v) is 1.90. The van der Waals surface area contributed by atoms with Gasteiger partial charge in [-0.15, -0.1) is 0 Å². The molecule has 0 N–H and O–H groups in total. The van der Waals surface area contributed by atoms with Gasteiger partial charge in [-0.05, 0) is 29.3 Å². The van der Waals surface area contributed by atoms with E-state index in [-0.39, 0.29) is 10.6 Å². The summed E-state index contributed by atoms with van der Waals surface area (Å²) in [6.45, 7) is 0. The van der Waals surface area contributed by atoms with Crippen molar-refractivity contribution >= 4 is 11.6 Å². The van der Waals surface area contributed by atoms with E-state index in [9.17, 15) is 13.2 Å². The summed E-state index contributed by atoms with van der Waals surface area (Å²) in [5, 5.41) is 0.0156. The topological polar surface area (TPSA) is 0 Å². The Kier molecular flexibility index (Phi) is 3.38. The van der Waals surface area contributed by atoms with Crippen LogP contribution in [0.5, 0.6) is 0 Å². The average Bonchev–Trinajstić information content (AvgIpc) is 2.29. The predicted molar refractivity (Wildman–Crippen MR) is 61.8 cm³/mol. The molecule has 0 aliphatic carbocycles. The fourth-order valence-electron chi connectivity index (χ4n) is 1.64. The monoisotopic (exact) mass is 256 g/mol. The molecule has 0 bridgehead atoms. The highest BCUT2D eigenvalue weighted by Crippen LogP contribution is 2.36. The van der Waals surface area contributed by atoms with E-state index in [1.807, 2.05) is 0 Å². The largest absolute Gasteiger partial charge is 0.265 e. The molecule has 0 amide bonds. The minimum atomic E-state index is -2.66. The molecule has 4 heteroatoms. The molecule has 0 spiro atoms. The van der Waals surface area contributed by atoms with Crippen LogP contribution in [0.15, 0.2) is 42.5 Å². The highest BCUT2D eigenvalue weighted by atomic mass is 35.5. The second-order valence-electron chi connectivity index (χ2n) is 3.51. The van der Waals surface area contributed by atoms with E-state index in [0.717, 1.165) is 0 Å². The Bertz CT molecular complexity index is 521. The Balaban J connectivity index is 2.59. The van der Waals surface area contributed by atoms with Crippen LogP contribution in [0.4, 0.5) is 13.2 Å². The van der Waals surface area contributed by atoms with Crippen molar-refractivity contribution in [1.82, 2.24) is 0 Å². The summed E-state index contributed by atoms with van der Waals surface area (Å²) < 4.78 is 38.6. The van der Waals surface area contributed by atoms with Crippen LogP contribution in [-0.4, -0.2) is 0 Å². The zero-order valence-corrected chi connectivity index (χ0v) is 9.39. The van der Waals surface area contributed by atoms with Gasteiger partial charge in [0.1, 0.15) is 5.82 Å². The van der Waals surface area contributed by atoms with Crippen LogP contribution in [0.2, 0.25) is 5.02 Å². The number of hydrogen-bond acceptors (Lipinski definition) is 0. The summed E-state index contributed by atoms with van der Waals surface area (Å²) >= 11 is 5.75. The van der Waals surface area contributed by atoms with Crippen molar-refractivity contribution in [1.29, 1.82) is 0 Å². The molecule has 0 unspecified atom stereocenters. The normalized spacial score (nSPS) is 10.9. The Labute approximate surface area is 102 Å². The maximum Gasteiger partial charge on any atom is 0.265 e. The van der Waals surface area contributed by atoms with Gasteiger partial charge in [-0.3, -0.25) is 0 Å². The second-order valence-corrected chi connectivity index (χ2v) is 3.92. The van der Waals surface area contributed by atoms with E-state index in [4.69, 9.17) is 11.6 Å². The van der Waals surface area contributed by atoms with E-state index < -0.39 is 12.2 Å². The lowest BCUT2D eigenvalue weighted by Gasteiger charge is -2.10. The second kappa shape index (κ2) is 4.80. The number of rotatable bonds is 2. The van der Waals surface area contributed by atoms with Gasteiger partial charge in [-0.2, -0.15) is 0 Å². The van der Waals surface area contributed by atoms with Gasteiger partial charge in [-0.1, -0.05) is 35.9 Å². The van der Waals surface area contributed by atoms with Gasteiger partial charge in [0.15, 0.2) is 0 Å². The molecule has 17 heavy (non-hydrogen) atoms. The maximum atomic E-state index is 12.9. The van der Waals surface area contributed by atoms with Gasteiger partial charge in [0.25, 0.3) is 6.43 Å². The van der Waals surface area contributed by atoms with Gasteiger partial charge in [-0.25, -0.2) is 13.2 Å². The summed E-state index contributed by atoms with van der Waals surface area (Å²) in [5.41, 5.74) is 0.623. The first-order valence-electron chi connectivity index (χ1n) is 4.92. The third-order valence-corrected chi connectivity index (χ3v) is 2.76. The summed E-state index contributed by atoms with van der Waals surface area (Å²) in [5.74, 6) is -0.408. The summed E-state index contributed by atoms with van der Waals surface area (Å²) in [7, 11) is 0. The van der Waals surface area contributed by atoms with Gasteiger partial charge in [0.2, 0.25) is 0 Å². The van der Waals surface area contributed by atoms with Gasteiger partial charge >= 0.3 is 0 Å². The van der Waals surface area contributed by atoms with Gasteiger partial charge in [0, 0.05) is 5.56 Å². The smallest absolute Gasteiger partial charge is 0.207 e. The van der Waals surface area contributed by atoms with Gasteiger partial charge in [0.05, 0.1) is 5.02 Å². The molecule has 0 radical (unpaired) electrons. The molecule has 0 aliphatic rings. The third-order valence-electron chi connectivity index (χ3n) is 2.43. The molecule has 2 aromatic carbocycles. The zero-order chi connectivity index (χ0) is 12.4. The zero-order valence-electron chi connectivity index (χ0n) is 8.63. The van der Waals surface area contributed by atoms with Crippen molar-refractivity contribution in [2.75, 3.05) is 0 Å². The Hall–Kier alpha value is -1.48. The van der Waals surface area contributed by atoms with Crippen LogP contribution >= 0.6 is 11.6 Å². The number of halogens is 4.